The average molecular weight is 348 g/mol. The van der Waals surface area contributed by atoms with Gasteiger partial charge in [0.15, 0.2) is 5.75 Å². The number of nitrogens with zero attached hydrogens (tertiary/aromatic N) is 2. The number of nitro benzene ring substituents is 1. The van der Waals surface area contributed by atoms with Crippen LogP contribution < -0.4 is 4.74 Å². The van der Waals surface area contributed by atoms with Crippen molar-refractivity contribution in [2.24, 2.45) is 0 Å². The first kappa shape index (κ1) is 17.3. The lowest BCUT2D eigenvalue weighted by molar-refractivity contribution is -0.385. The smallest absolute Gasteiger partial charge is 0.308 e. The Morgan fingerprint density at radius 3 is 2.62 bits per heavy atom. The van der Waals surface area contributed by atoms with Crippen molar-refractivity contribution in [3.63, 3.8) is 0 Å². The van der Waals surface area contributed by atoms with Crippen molar-refractivity contribution in [2.75, 3.05) is 0 Å². The number of ether oxygens (including phenoxy) is 1. The van der Waals surface area contributed by atoms with Gasteiger partial charge < -0.3 is 4.74 Å². The van der Waals surface area contributed by atoms with E-state index in [1.807, 2.05) is 25.1 Å². The molecule has 0 unspecified atom stereocenters. The maximum absolute atomic E-state index is 11.3. The van der Waals surface area contributed by atoms with Crippen LogP contribution in [0.25, 0.3) is 23.1 Å². The third-order valence-corrected chi connectivity index (χ3v) is 3.88. The summed E-state index contributed by atoms with van der Waals surface area (Å²) in [5.41, 5.74) is 2.71. The lowest BCUT2D eigenvalue weighted by Gasteiger charge is -2.08. The summed E-state index contributed by atoms with van der Waals surface area (Å²) in [7, 11) is 0. The molecule has 2 aromatic carbocycles. The van der Waals surface area contributed by atoms with E-state index in [9.17, 15) is 14.9 Å². The Labute approximate surface area is 149 Å². The molecular formula is C20H16N2O4. The second-order valence-electron chi connectivity index (χ2n) is 5.76. The number of hydrogen-bond acceptors (Lipinski definition) is 5. The fourth-order valence-corrected chi connectivity index (χ4v) is 2.65. The zero-order chi connectivity index (χ0) is 18.7. The molecule has 0 saturated heterocycles. The van der Waals surface area contributed by atoms with Crippen LogP contribution in [0.3, 0.4) is 0 Å². The molecule has 0 amide bonds. The van der Waals surface area contributed by atoms with Crippen LogP contribution in [0, 0.1) is 17.0 Å². The zero-order valence-corrected chi connectivity index (χ0v) is 14.3. The van der Waals surface area contributed by atoms with E-state index in [0.29, 0.717) is 22.5 Å². The van der Waals surface area contributed by atoms with Crippen LogP contribution in [0.5, 0.6) is 5.75 Å². The molecule has 0 radical (unpaired) electrons. The molecule has 0 spiro atoms. The number of benzene rings is 2. The summed E-state index contributed by atoms with van der Waals surface area (Å²) in [5, 5.41) is 12.0. The monoisotopic (exact) mass is 348 g/mol. The van der Waals surface area contributed by atoms with Gasteiger partial charge in [0.1, 0.15) is 5.52 Å². The van der Waals surface area contributed by atoms with Crippen LogP contribution in [-0.4, -0.2) is 15.9 Å². The number of aromatic nitrogens is 1. The highest BCUT2D eigenvalue weighted by molar-refractivity contribution is 5.90. The molecule has 0 atom stereocenters. The minimum absolute atomic E-state index is 0.0287. The third kappa shape index (κ3) is 3.59. The molecule has 0 aliphatic carbocycles. The third-order valence-electron chi connectivity index (χ3n) is 3.88. The van der Waals surface area contributed by atoms with Crippen LogP contribution in [0.2, 0.25) is 0 Å². The molecule has 130 valence electrons. The van der Waals surface area contributed by atoms with Crippen LogP contribution >= 0.6 is 0 Å². The lowest BCUT2D eigenvalue weighted by atomic mass is 10.1. The van der Waals surface area contributed by atoms with Gasteiger partial charge in [0.2, 0.25) is 0 Å². The number of fused-ring (bicyclic) bond motifs is 1. The van der Waals surface area contributed by atoms with Gasteiger partial charge in [-0.2, -0.15) is 0 Å². The molecule has 26 heavy (non-hydrogen) atoms. The van der Waals surface area contributed by atoms with Gasteiger partial charge >= 0.3 is 5.97 Å². The van der Waals surface area contributed by atoms with E-state index in [-0.39, 0.29) is 5.69 Å². The first-order chi connectivity index (χ1) is 12.5. The summed E-state index contributed by atoms with van der Waals surface area (Å²) in [6, 6.07) is 13.8. The quantitative estimate of drug-likeness (QED) is 0.299. The number of hydrogen-bond donors (Lipinski definition) is 0. The number of pyridine rings is 1. The normalized spacial score (nSPS) is 11.0. The van der Waals surface area contributed by atoms with Gasteiger partial charge in [-0.1, -0.05) is 24.3 Å². The van der Waals surface area contributed by atoms with Crippen LogP contribution in [0.4, 0.5) is 5.69 Å². The van der Waals surface area contributed by atoms with Gasteiger partial charge in [-0.05, 0) is 42.8 Å². The van der Waals surface area contributed by atoms with Gasteiger partial charge in [0, 0.05) is 18.4 Å². The number of esters is 1. The Balaban J connectivity index is 2.04. The number of rotatable bonds is 4. The molecule has 6 heteroatoms. The van der Waals surface area contributed by atoms with E-state index >= 15 is 0 Å². The van der Waals surface area contributed by atoms with Crippen molar-refractivity contribution < 1.29 is 14.5 Å². The van der Waals surface area contributed by atoms with E-state index in [1.54, 1.807) is 36.4 Å². The SMILES string of the molecule is CC(=O)Oc1ccc(C)c2ccc(C=Cc3ccccc3[N+](=O)[O-])nc12. The van der Waals surface area contributed by atoms with Crippen LogP contribution in [0.15, 0.2) is 48.5 Å². The maximum Gasteiger partial charge on any atom is 0.308 e. The zero-order valence-electron chi connectivity index (χ0n) is 14.3. The Kier molecular flexibility index (Phi) is 4.75. The van der Waals surface area contributed by atoms with Crippen molar-refractivity contribution >= 4 is 34.7 Å². The average Bonchev–Trinajstić information content (AvgIpc) is 2.62. The second kappa shape index (κ2) is 7.14. The minimum atomic E-state index is -0.421. The number of carbonyl (C=O) groups excluding carboxylic acids is 1. The fourth-order valence-electron chi connectivity index (χ4n) is 2.65. The highest BCUT2D eigenvalue weighted by Crippen LogP contribution is 2.28. The van der Waals surface area contributed by atoms with Crippen LogP contribution in [0.1, 0.15) is 23.7 Å². The lowest BCUT2D eigenvalue weighted by Crippen LogP contribution is -2.03. The number of carbonyl (C=O) groups is 1. The molecule has 1 heterocycles. The summed E-state index contributed by atoms with van der Waals surface area (Å²) in [4.78, 5) is 26.5. The summed E-state index contributed by atoms with van der Waals surface area (Å²) in [6.07, 6.45) is 3.34. The van der Waals surface area contributed by atoms with Gasteiger partial charge in [-0.3, -0.25) is 14.9 Å². The van der Waals surface area contributed by atoms with Gasteiger partial charge in [-0.15, -0.1) is 0 Å². The van der Waals surface area contributed by atoms with Gasteiger partial charge in [-0.25, -0.2) is 4.98 Å². The number of aryl methyl sites for hydroxylation is 1. The molecule has 6 nitrogen and oxygen atoms in total. The molecular weight excluding hydrogens is 332 g/mol. The van der Waals surface area contributed by atoms with E-state index in [2.05, 4.69) is 4.98 Å². The maximum atomic E-state index is 11.3. The summed E-state index contributed by atoms with van der Waals surface area (Å²) >= 11 is 0. The van der Waals surface area contributed by atoms with E-state index in [4.69, 9.17) is 4.74 Å². The Morgan fingerprint density at radius 1 is 1.12 bits per heavy atom. The topological polar surface area (TPSA) is 82.3 Å². The largest absolute Gasteiger partial charge is 0.424 e. The molecule has 1 aromatic heterocycles. The minimum Gasteiger partial charge on any atom is -0.424 e. The molecule has 0 fully saturated rings. The first-order valence-corrected chi connectivity index (χ1v) is 7.96. The number of nitro groups is 1. The highest BCUT2D eigenvalue weighted by Gasteiger charge is 2.11. The summed E-state index contributed by atoms with van der Waals surface area (Å²) < 4.78 is 5.24. The summed E-state index contributed by atoms with van der Waals surface area (Å²) in [6.45, 7) is 3.29. The Hall–Kier alpha value is -3.54. The standard InChI is InChI=1S/C20H16N2O4/c1-13-7-12-19(26-14(2)23)20-17(13)11-10-16(21-20)9-8-15-5-3-4-6-18(15)22(24)25/h3-12H,1-2H3. The highest BCUT2D eigenvalue weighted by atomic mass is 16.6. The van der Waals surface area contributed by atoms with Crippen molar-refractivity contribution in [1.29, 1.82) is 0 Å². The second-order valence-corrected chi connectivity index (χ2v) is 5.76. The van der Waals surface area contributed by atoms with E-state index < -0.39 is 10.9 Å². The molecule has 0 aliphatic rings. The molecule has 3 aromatic rings. The predicted octanol–water partition coefficient (Wildman–Crippen LogP) is 4.55. The van der Waals surface area contributed by atoms with Crippen molar-refractivity contribution in [1.82, 2.24) is 4.98 Å². The van der Waals surface area contributed by atoms with Crippen molar-refractivity contribution in [3.8, 4) is 5.75 Å². The summed E-state index contributed by atoms with van der Waals surface area (Å²) in [5.74, 6) is -0.0307. The molecule has 0 bridgehead atoms. The van der Waals surface area contributed by atoms with E-state index in [1.165, 1.54) is 13.0 Å². The van der Waals surface area contributed by atoms with E-state index in [0.717, 1.165) is 10.9 Å². The predicted molar refractivity (Wildman–Crippen MR) is 99.8 cm³/mol. The van der Waals surface area contributed by atoms with Gasteiger partial charge in [0.05, 0.1) is 16.2 Å². The van der Waals surface area contributed by atoms with Crippen molar-refractivity contribution in [3.05, 3.63) is 75.5 Å². The Morgan fingerprint density at radius 2 is 1.88 bits per heavy atom. The molecule has 0 saturated carbocycles. The number of para-hydroxylation sites is 1. The van der Waals surface area contributed by atoms with Crippen molar-refractivity contribution in [2.45, 2.75) is 13.8 Å². The van der Waals surface area contributed by atoms with Gasteiger partial charge in [0.25, 0.3) is 5.69 Å². The molecule has 3 rings (SSSR count). The van der Waals surface area contributed by atoms with Crippen LogP contribution in [-0.2, 0) is 4.79 Å². The molecule has 0 N–H and O–H groups in total. The first-order valence-electron chi connectivity index (χ1n) is 7.96. The fraction of sp³-hybridized carbons (Fsp3) is 0.100. The molecule has 0 aliphatic heterocycles. The Bertz CT molecular complexity index is 1040.